The van der Waals surface area contributed by atoms with Crippen LogP contribution in [0.15, 0.2) is 47.5 Å². The van der Waals surface area contributed by atoms with Gasteiger partial charge in [0.05, 0.1) is 10.0 Å². The summed E-state index contributed by atoms with van der Waals surface area (Å²) in [5, 5.41) is 5.83. The maximum atomic E-state index is 13.2. The number of benzene rings is 2. The van der Waals surface area contributed by atoms with Crippen LogP contribution in [0.4, 0.5) is 15.3 Å². The summed E-state index contributed by atoms with van der Waals surface area (Å²) in [7, 11) is 0. The first kappa shape index (κ1) is 27.5. The Morgan fingerprint density at radius 3 is 2.17 bits per heavy atom. The van der Waals surface area contributed by atoms with Gasteiger partial charge in [0.15, 0.2) is 5.96 Å². The minimum absolute atomic E-state index is 0.0687. The molecule has 0 aliphatic rings. The number of urea groups is 2. The van der Waals surface area contributed by atoms with E-state index in [2.05, 4.69) is 15.6 Å². The van der Waals surface area contributed by atoms with Gasteiger partial charge in [0.2, 0.25) is 5.91 Å². The molecule has 1 atom stereocenters. The van der Waals surface area contributed by atoms with Crippen molar-refractivity contribution in [3.8, 4) is 0 Å². The smallest absolute Gasteiger partial charge is 0.322 e. The van der Waals surface area contributed by atoms with E-state index in [1.807, 2.05) is 0 Å². The van der Waals surface area contributed by atoms with Crippen molar-refractivity contribution in [1.82, 2.24) is 10.2 Å². The van der Waals surface area contributed by atoms with Crippen LogP contribution in [0.2, 0.25) is 10.0 Å². The van der Waals surface area contributed by atoms with Gasteiger partial charge in [-0.25, -0.2) is 9.59 Å². The zero-order valence-electron chi connectivity index (χ0n) is 18.8. The maximum absolute atomic E-state index is 13.2. The molecule has 0 aliphatic heterocycles. The lowest BCUT2D eigenvalue weighted by Crippen LogP contribution is -2.49. The average molecular weight is 523 g/mol. The summed E-state index contributed by atoms with van der Waals surface area (Å²) < 4.78 is 0. The Bertz CT molecular complexity index is 1070. The molecule has 11 nitrogen and oxygen atoms in total. The van der Waals surface area contributed by atoms with E-state index in [1.54, 1.807) is 36.4 Å². The number of nitrogens with zero attached hydrogens (tertiary/aromatic N) is 2. The number of hydrogen-bond donors (Lipinski definition) is 6. The number of hydrogen-bond acceptors (Lipinski definition) is 4. The van der Waals surface area contributed by atoms with Crippen molar-refractivity contribution >= 4 is 52.8 Å². The van der Waals surface area contributed by atoms with Gasteiger partial charge in [-0.05, 0) is 42.2 Å². The summed E-state index contributed by atoms with van der Waals surface area (Å²) in [6, 6.07) is 9.59. The highest BCUT2D eigenvalue weighted by molar-refractivity contribution is 6.42. The number of primary amides is 2. The van der Waals surface area contributed by atoms with Gasteiger partial charge in [-0.3, -0.25) is 9.79 Å². The van der Waals surface area contributed by atoms with Gasteiger partial charge in [-0.2, -0.15) is 0 Å². The molecule has 0 bridgehead atoms. The van der Waals surface area contributed by atoms with Crippen LogP contribution in [0, 0.1) is 0 Å². The molecule has 0 heterocycles. The summed E-state index contributed by atoms with van der Waals surface area (Å²) in [6.45, 7) is 0.606. The summed E-state index contributed by atoms with van der Waals surface area (Å²) in [4.78, 5) is 41.7. The van der Waals surface area contributed by atoms with Crippen LogP contribution >= 0.6 is 23.2 Å². The molecule has 0 fully saturated rings. The second kappa shape index (κ2) is 13.3. The lowest BCUT2D eigenvalue weighted by molar-refractivity contribution is -0.122. The Hall–Kier alpha value is -3.70. The van der Waals surface area contributed by atoms with Gasteiger partial charge in [0, 0.05) is 25.3 Å². The standard InChI is InChI=1S/C22H28Cl2N8O3/c23-16-8-7-15(10-17(16)24)31-22(35)32(18(19(25)33)2-1-9-29-20(26)27)12-14-5-3-13(4-6-14)11-30-21(28)34/h3-8,10,18H,1-2,9,11-12H2,(H2,25,33)(H,31,35)(H4,26,27,29)(H3,28,30,34)/t18-/m1/s1. The van der Waals surface area contributed by atoms with E-state index in [4.69, 9.17) is 46.1 Å². The maximum Gasteiger partial charge on any atom is 0.322 e. The van der Waals surface area contributed by atoms with E-state index in [0.717, 1.165) is 11.1 Å². The number of halogens is 2. The molecular formula is C22H28Cl2N8O3. The molecule has 0 saturated heterocycles. The molecule has 5 amide bonds. The van der Waals surface area contributed by atoms with Crippen LogP contribution in [-0.4, -0.2) is 41.4 Å². The lowest BCUT2D eigenvalue weighted by atomic mass is 10.1. The highest BCUT2D eigenvalue weighted by Crippen LogP contribution is 2.25. The third-order valence-electron chi connectivity index (χ3n) is 4.91. The van der Waals surface area contributed by atoms with Crippen LogP contribution in [0.25, 0.3) is 0 Å². The van der Waals surface area contributed by atoms with E-state index in [0.29, 0.717) is 17.1 Å². The highest BCUT2D eigenvalue weighted by atomic mass is 35.5. The summed E-state index contributed by atoms with van der Waals surface area (Å²) >= 11 is 12.0. The van der Waals surface area contributed by atoms with Gasteiger partial charge in [-0.15, -0.1) is 0 Å². The van der Waals surface area contributed by atoms with Crippen LogP contribution in [-0.2, 0) is 17.9 Å². The minimum Gasteiger partial charge on any atom is -0.370 e. The first-order chi connectivity index (χ1) is 16.6. The number of carbonyl (C=O) groups excluding carboxylic acids is 3. The fourth-order valence-corrected chi connectivity index (χ4v) is 3.48. The second-order valence-electron chi connectivity index (χ2n) is 7.59. The van der Waals surface area contributed by atoms with Crippen molar-refractivity contribution in [2.45, 2.75) is 32.0 Å². The molecule has 0 aromatic heterocycles. The monoisotopic (exact) mass is 522 g/mol. The normalized spacial score (nSPS) is 11.3. The van der Waals surface area contributed by atoms with E-state index in [-0.39, 0.29) is 37.0 Å². The fraction of sp³-hybridized carbons (Fsp3) is 0.273. The third kappa shape index (κ3) is 9.22. The second-order valence-corrected chi connectivity index (χ2v) is 8.40. The molecule has 2 aromatic rings. The number of nitrogens with one attached hydrogen (secondary N) is 2. The van der Waals surface area contributed by atoms with E-state index in [9.17, 15) is 14.4 Å². The fourth-order valence-electron chi connectivity index (χ4n) is 3.19. The van der Waals surface area contributed by atoms with E-state index in [1.165, 1.54) is 11.0 Å². The number of aliphatic imine (C=N–C) groups is 1. The Morgan fingerprint density at radius 1 is 0.943 bits per heavy atom. The zero-order valence-corrected chi connectivity index (χ0v) is 20.4. The number of amides is 5. The predicted octanol–water partition coefficient (Wildman–Crippen LogP) is 2.10. The number of nitrogens with two attached hydrogens (primary N) is 4. The van der Waals surface area contributed by atoms with E-state index >= 15 is 0 Å². The SMILES string of the molecule is NC(=O)NCc1ccc(CN(C(=O)Nc2ccc(Cl)c(Cl)c2)[C@H](CCCN=C(N)N)C(N)=O)cc1. The van der Waals surface area contributed by atoms with Crippen LogP contribution < -0.4 is 33.6 Å². The van der Waals surface area contributed by atoms with Gasteiger partial charge in [0.1, 0.15) is 6.04 Å². The molecule has 10 N–H and O–H groups in total. The van der Waals surface area contributed by atoms with Crippen molar-refractivity contribution in [3.05, 3.63) is 63.6 Å². The van der Waals surface area contributed by atoms with Gasteiger partial charge in [-0.1, -0.05) is 47.5 Å². The van der Waals surface area contributed by atoms with Gasteiger partial charge < -0.3 is 38.5 Å². The zero-order chi connectivity index (χ0) is 26.0. The molecule has 0 spiro atoms. The molecule has 13 heteroatoms. The first-order valence-corrected chi connectivity index (χ1v) is 11.3. The van der Waals surface area contributed by atoms with Crippen LogP contribution in [0.3, 0.4) is 0 Å². The minimum atomic E-state index is -0.942. The quantitative estimate of drug-likeness (QED) is 0.149. The number of guanidine groups is 1. The Kier molecular flexibility index (Phi) is 10.4. The van der Waals surface area contributed by atoms with Crippen molar-refractivity contribution < 1.29 is 14.4 Å². The topological polar surface area (TPSA) is 195 Å². The van der Waals surface area contributed by atoms with Crippen molar-refractivity contribution in [2.24, 2.45) is 27.9 Å². The summed E-state index contributed by atoms with van der Waals surface area (Å²) in [6.07, 6.45) is 0.654. The predicted molar refractivity (Wildman–Crippen MR) is 137 cm³/mol. The Balaban J connectivity index is 2.25. The highest BCUT2D eigenvalue weighted by Gasteiger charge is 2.28. The average Bonchev–Trinajstić information content (AvgIpc) is 2.79. The molecule has 0 unspecified atom stereocenters. The molecule has 35 heavy (non-hydrogen) atoms. The molecule has 2 rings (SSSR count). The van der Waals surface area contributed by atoms with Crippen molar-refractivity contribution in [2.75, 3.05) is 11.9 Å². The summed E-state index contributed by atoms with van der Waals surface area (Å²) in [5.41, 5.74) is 23.4. The van der Waals surface area contributed by atoms with Gasteiger partial charge in [0.25, 0.3) is 0 Å². The van der Waals surface area contributed by atoms with Gasteiger partial charge >= 0.3 is 12.1 Å². The molecule has 0 saturated carbocycles. The first-order valence-electron chi connectivity index (χ1n) is 10.5. The van der Waals surface area contributed by atoms with Crippen LogP contribution in [0.1, 0.15) is 24.0 Å². The van der Waals surface area contributed by atoms with Crippen molar-refractivity contribution in [3.63, 3.8) is 0 Å². The molecule has 2 aromatic carbocycles. The largest absolute Gasteiger partial charge is 0.370 e. The molecule has 0 aliphatic carbocycles. The molecular weight excluding hydrogens is 495 g/mol. The third-order valence-corrected chi connectivity index (χ3v) is 5.65. The van der Waals surface area contributed by atoms with Crippen molar-refractivity contribution in [1.29, 1.82) is 0 Å². The summed E-state index contributed by atoms with van der Waals surface area (Å²) in [5.74, 6) is -0.748. The Morgan fingerprint density at radius 2 is 1.60 bits per heavy atom. The lowest BCUT2D eigenvalue weighted by Gasteiger charge is -2.30. The number of anilines is 1. The van der Waals surface area contributed by atoms with E-state index < -0.39 is 24.0 Å². The Labute approximate surface area is 212 Å². The number of rotatable bonds is 11. The van der Waals surface area contributed by atoms with Crippen LogP contribution in [0.5, 0.6) is 0 Å². The number of carbonyl (C=O) groups is 3. The molecule has 0 radical (unpaired) electrons. The molecule has 188 valence electrons.